The van der Waals surface area contributed by atoms with Crippen molar-refractivity contribution in [2.75, 3.05) is 6.54 Å². The number of rotatable bonds is 4. The molecule has 2 rings (SSSR count). The van der Waals surface area contributed by atoms with Gasteiger partial charge in [-0.15, -0.1) is 0 Å². The second kappa shape index (κ2) is 5.85. The molecule has 98 valence electrons. The van der Waals surface area contributed by atoms with E-state index in [2.05, 4.69) is 20.3 Å². The van der Waals surface area contributed by atoms with Gasteiger partial charge in [-0.2, -0.15) is 0 Å². The monoisotopic (exact) mass is 259 g/mol. The summed E-state index contributed by atoms with van der Waals surface area (Å²) in [5.74, 6) is -0.318. The van der Waals surface area contributed by atoms with E-state index >= 15 is 0 Å². The van der Waals surface area contributed by atoms with Crippen LogP contribution in [-0.4, -0.2) is 32.0 Å². The van der Waals surface area contributed by atoms with E-state index in [1.807, 2.05) is 0 Å². The first-order chi connectivity index (χ1) is 9.18. The average molecular weight is 259 g/mol. The zero-order chi connectivity index (χ0) is 13.7. The zero-order valence-corrected chi connectivity index (χ0v) is 10.4. The first kappa shape index (κ1) is 12.9. The van der Waals surface area contributed by atoms with Crippen LogP contribution in [0.15, 0.2) is 35.9 Å². The van der Waals surface area contributed by atoms with Crippen LogP contribution in [0.25, 0.3) is 0 Å². The van der Waals surface area contributed by atoms with Crippen LogP contribution in [0.4, 0.5) is 0 Å². The number of carbonyl (C=O) groups is 1. The highest BCUT2D eigenvalue weighted by Gasteiger charge is 2.06. The lowest BCUT2D eigenvalue weighted by atomic mass is 10.4. The summed E-state index contributed by atoms with van der Waals surface area (Å²) in [6.07, 6.45) is 7.29. The van der Waals surface area contributed by atoms with Gasteiger partial charge in [0.15, 0.2) is 0 Å². The van der Waals surface area contributed by atoms with Crippen LogP contribution in [0.3, 0.4) is 0 Å². The van der Waals surface area contributed by atoms with E-state index in [4.69, 9.17) is 0 Å². The number of aromatic nitrogens is 4. The third-order valence-corrected chi connectivity index (χ3v) is 2.51. The summed E-state index contributed by atoms with van der Waals surface area (Å²) >= 11 is 0. The smallest absolute Gasteiger partial charge is 0.271 e. The molecule has 19 heavy (non-hydrogen) atoms. The fraction of sp³-hybridized carbons (Fsp3) is 0.250. The maximum Gasteiger partial charge on any atom is 0.271 e. The van der Waals surface area contributed by atoms with Crippen LogP contribution in [0, 0.1) is 6.92 Å². The molecule has 0 aliphatic carbocycles. The minimum atomic E-state index is -0.318. The molecule has 0 aliphatic rings. The predicted molar refractivity (Wildman–Crippen MR) is 67.6 cm³/mol. The van der Waals surface area contributed by atoms with E-state index in [1.165, 1.54) is 35.7 Å². The molecule has 0 atom stereocenters. The molecule has 0 saturated carbocycles. The van der Waals surface area contributed by atoms with Crippen molar-refractivity contribution in [1.82, 2.24) is 24.8 Å². The molecule has 1 N–H and O–H groups in total. The number of carbonyl (C=O) groups excluding carboxylic acids is 1. The Labute approximate surface area is 109 Å². The standard InChI is InChI=1S/C12H13N5O2/c1-9-6-14-8-17(12(9)19)5-4-16-11(18)10-7-13-2-3-15-10/h2-3,6-8H,4-5H2,1H3,(H,16,18). The molecule has 0 spiro atoms. The largest absolute Gasteiger partial charge is 0.349 e. The first-order valence-corrected chi connectivity index (χ1v) is 5.74. The molecular weight excluding hydrogens is 246 g/mol. The van der Waals surface area contributed by atoms with Crippen LogP contribution in [0.5, 0.6) is 0 Å². The van der Waals surface area contributed by atoms with Crippen LogP contribution in [-0.2, 0) is 6.54 Å². The Morgan fingerprint density at radius 1 is 1.32 bits per heavy atom. The topological polar surface area (TPSA) is 89.8 Å². The van der Waals surface area contributed by atoms with Gasteiger partial charge in [0.2, 0.25) is 0 Å². The molecule has 7 nitrogen and oxygen atoms in total. The van der Waals surface area contributed by atoms with Crippen molar-refractivity contribution in [1.29, 1.82) is 0 Å². The number of nitrogens with one attached hydrogen (secondary N) is 1. The van der Waals surface area contributed by atoms with Crippen LogP contribution in [0.2, 0.25) is 0 Å². The van der Waals surface area contributed by atoms with Crippen molar-refractivity contribution < 1.29 is 4.79 Å². The van der Waals surface area contributed by atoms with Crippen molar-refractivity contribution in [2.24, 2.45) is 0 Å². The maximum atomic E-state index is 11.7. The van der Waals surface area contributed by atoms with E-state index in [9.17, 15) is 9.59 Å². The lowest BCUT2D eigenvalue weighted by Crippen LogP contribution is -2.31. The van der Waals surface area contributed by atoms with Gasteiger partial charge in [-0.1, -0.05) is 0 Å². The summed E-state index contributed by atoms with van der Waals surface area (Å²) < 4.78 is 1.45. The zero-order valence-electron chi connectivity index (χ0n) is 10.4. The number of aryl methyl sites for hydroxylation is 1. The Morgan fingerprint density at radius 3 is 2.89 bits per heavy atom. The van der Waals surface area contributed by atoms with E-state index in [0.717, 1.165) is 0 Å². The van der Waals surface area contributed by atoms with Gasteiger partial charge < -0.3 is 5.32 Å². The van der Waals surface area contributed by atoms with Crippen LogP contribution >= 0.6 is 0 Å². The lowest BCUT2D eigenvalue weighted by Gasteiger charge is -2.07. The van der Waals surface area contributed by atoms with E-state index in [-0.39, 0.29) is 17.2 Å². The Morgan fingerprint density at radius 2 is 2.16 bits per heavy atom. The summed E-state index contributed by atoms with van der Waals surface area (Å²) in [5, 5.41) is 2.67. The predicted octanol–water partition coefficient (Wildman–Crippen LogP) is -0.228. The molecule has 0 aromatic carbocycles. The van der Waals surface area contributed by atoms with E-state index < -0.39 is 0 Å². The quantitative estimate of drug-likeness (QED) is 0.819. The fourth-order valence-electron chi connectivity index (χ4n) is 1.52. The number of hydrogen-bond donors (Lipinski definition) is 1. The van der Waals surface area contributed by atoms with E-state index in [1.54, 1.807) is 6.92 Å². The normalized spacial score (nSPS) is 10.2. The summed E-state index contributed by atoms with van der Waals surface area (Å²) in [4.78, 5) is 35.0. The molecule has 0 fully saturated rings. The molecule has 2 heterocycles. The minimum Gasteiger partial charge on any atom is -0.349 e. The molecule has 1 amide bonds. The van der Waals surface area contributed by atoms with Gasteiger partial charge in [-0.3, -0.25) is 19.1 Å². The minimum absolute atomic E-state index is 0.108. The van der Waals surface area contributed by atoms with Gasteiger partial charge in [0, 0.05) is 37.2 Å². The fourth-order valence-corrected chi connectivity index (χ4v) is 1.52. The third kappa shape index (κ3) is 3.21. The summed E-state index contributed by atoms with van der Waals surface area (Å²) in [7, 11) is 0. The SMILES string of the molecule is Cc1cncn(CCNC(=O)c2cnccn2)c1=O. The Hall–Kier alpha value is -2.57. The molecular formula is C12H13N5O2. The Kier molecular flexibility index (Phi) is 3.97. The molecule has 7 heteroatoms. The highest BCUT2D eigenvalue weighted by Crippen LogP contribution is 1.89. The van der Waals surface area contributed by atoms with Gasteiger partial charge in [-0.05, 0) is 6.92 Å². The second-order valence-corrected chi connectivity index (χ2v) is 3.92. The molecule has 0 unspecified atom stereocenters. The second-order valence-electron chi connectivity index (χ2n) is 3.92. The summed E-state index contributed by atoms with van der Waals surface area (Å²) in [6, 6.07) is 0. The van der Waals surface area contributed by atoms with Gasteiger partial charge in [0.1, 0.15) is 5.69 Å². The molecule has 2 aromatic rings. The van der Waals surface area contributed by atoms with Gasteiger partial charge in [0.25, 0.3) is 11.5 Å². The number of amides is 1. The molecule has 0 saturated heterocycles. The van der Waals surface area contributed by atoms with Gasteiger partial charge in [0.05, 0.1) is 12.5 Å². The van der Waals surface area contributed by atoms with Gasteiger partial charge >= 0.3 is 0 Å². The average Bonchev–Trinajstić information content (AvgIpc) is 2.44. The van der Waals surface area contributed by atoms with Crippen molar-refractivity contribution in [3.63, 3.8) is 0 Å². The summed E-state index contributed by atoms with van der Waals surface area (Å²) in [6.45, 7) is 2.38. The maximum absolute atomic E-state index is 11.7. The van der Waals surface area contributed by atoms with Crippen LogP contribution < -0.4 is 10.9 Å². The molecule has 0 radical (unpaired) electrons. The highest BCUT2D eigenvalue weighted by atomic mass is 16.2. The van der Waals surface area contributed by atoms with Crippen molar-refractivity contribution in [3.05, 3.63) is 52.7 Å². The summed E-state index contributed by atoms with van der Waals surface area (Å²) in [5.41, 5.74) is 0.712. The van der Waals surface area contributed by atoms with Gasteiger partial charge in [-0.25, -0.2) is 9.97 Å². The third-order valence-electron chi connectivity index (χ3n) is 2.51. The number of hydrogen-bond acceptors (Lipinski definition) is 5. The molecule has 2 aromatic heterocycles. The lowest BCUT2D eigenvalue weighted by molar-refractivity contribution is 0.0946. The number of nitrogens with zero attached hydrogens (tertiary/aromatic N) is 4. The first-order valence-electron chi connectivity index (χ1n) is 5.74. The van der Waals surface area contributed by atoms with Crippen molar-refractivity contribution >= 4 is 5.91 Å². The molecule has 0 aliphatic heterocycles. The highest BCUT2D eigenvalue weighted by molar-refractivity contribution is 5.91. The molecule has 0 bridgehead atoms. The Bertz CT molecular complexity index is 624. The van der Waals surface area contributed by atoms with Crippen molar-refractivity contribution in [3.8, 4) is 0 Å². The van der Waals surface area contributed by atoms with Crippen LogP contribution in [0.1, 0.15) is 16.1 Å². The Balaban J connectivity index is 1.92. The van der Waals surface area contributed by atoms with E-state index in [0.29, 0.717) is 18.7 Å². The van der Waals surface area contributed by atoms with Crippen molar-refractivity contribution in [2.45, 2.75) is 13.5 Å².